The van der Waals surface area contributed by atoms with Gasteiger partial charge in [-0.1, -0.05) is 48.5 Å². The van der Waals surface area contributed by atoms with E-state index < -0.39 is 0 Å². The van der Waals surface area contributed by atoms with Gasteiger partial charge in [-0.15, -0.1) is 0 Å². The van der Waals surface area contributed by atoms with E-state index in [4.69, 9.17) is 0 Å². The maximum Gasteiger partial charge on any atom is 0.118 e. The number of benzene rings is 2. The molecule has 0 saturated heterocycles. The maximum absolute atomic E-state index is 3.73. The number of hydrogen-bond acceptors (Lipinski definition) is 1. The highest BCUT2D eigenvalue weighted by molar-refractivity contribution is 5.81. The van der Waals surface area contributed by atoms with E-state index in [2.05, 4.69) is 105 Å². The molecule has 0 aliphatic rings. The molecular weight excluding hydrogens is 292 g/mol. The molecule has 2 nitrogen and oxygen atoms in total. The Morgan fingerprint density at radius 1 is 0.792 bits per heavy atom. The largest absolute Gasteiger partial charge is 0.341 e. The van der Waals surface area contributed by atoms with Crippen LogP contribution in [0.5, 0.6) is 0 Å². The number of rotatable bonds is 3. The van der Waals surface area contributed by atoms with Gasteiger partial charge >= 0.3 is 0 Å². The fourth-order valence-corrected chi connectivity index (χ4v) is 3.10. The van der Waals surface area contributed by atoms with E-state index in [9.17, 15) is 0 Å². The molecule has 0 unspecified atom stereocenters. The van der Waals surface area contributed by atoms with E-state index in [1.54, 1.807) is 0 Å². The second kappa shape index (κ2) is 6.20. The van der Waals surface area contributed by atoms with Gasteiger partial charge in [-0.05, 0) is 57.4 Å². The van der Waals surface area contributed by atoms with Crippen molar-refractivity contribution in [1.29, 1.82) is 0 Å². The maximum atomic E-state index is 3.73. The molecule has 3 aromatic rings. The number of para-hydroxylation sites is 1. The Kier molecular flexibility index (Phi) is 4.23. The highest BCUT2D eigenvalue weighted by Crippen LogP contribution is 2.36. The van der Waals surface area contributed by atoms with Crippen LogP contribution in [-0.4, -0.2) is 4.57 Å². The van der Waals surface area contributed by atoms with Crippen LogP contribution in [0.2, 0.25) is 0 Å². The van der Waals surface area contributed by atoms with Crippen LogP contribution in [0.1, 0.15) is 31.9 Å². The lowest BCUT2D eigenvalue weighted by Gasteiger charge is -2.26. The summed E-state index contributed by atoms with van der Waals surface area (Å²) in [5.41, 5.74) is 6.18. The van der Waals surface area contributed by atoms with Gasteiger partial charge in [0.2, 0.25) is 0 Å². The number of nitrogens with one attached hydrogen (secondary N) is 1. The molecule has 0 radical (unpaired) electrons. The third-order valence-corrected chi connectivity index (χ3v) is 4.42. The molecule has 3 rings (SSSR count). The molecule has 0 bridgehead atoms. The molecule has 1 heterocycles. The minimum atomic E-state index is 0.00591. The van der Waals surface area contributed by atoms with Crippen molar-refractivity contribution in [1.82, 2.24) is 4.57 Å². The minimum absolute atomic E-state index is 0.00591. The zero-order valence-electron chi connectivity index (χ0n) is 15.2. The Balaban J connectivity index is 2.16. The SMILES string of the molecule is Cc1cccc(C)c1Nc1c(-c2ccccc2)ccn1C(C)(C)C. The van der Waals surface area contributed by atoms with Gasteiger partial charge < -0.3 is 9.88 Å². The average molecular weight is 318 g/mol. The smallest absolute Gasteiger partial charge is 0.118 e. The number of anilines is 2. The van der Waals surface area contributed by atoms with Crippen LogP contribution < -0.4 is 5.32 Å². The number of aryl methyl sites for hydroxylation is 2. The zero-order valence-corrected chi connectivity index (χ0v) is 15.2. The summed E-state index contributed by atoms with van der Waals surface area (Å²) in [6.07, 6.45) is 2.18. The lowest BCUT2D eigenvalue weighted by atomic mass is 10.1. The molecule has 2 aromatic carbocycles. The number of hydrogen-bond donors (Lipinski definition) is 1. The van der Waals surface area contributed by atoms with Crippen molar-refractivity contribution in [2.75, 3.05) is 5.32 Å². The molecule has 0 atom stereocenters. The van der Waals surface area contributed by atoms with Gasteiger partial charge in [0.1, 0.15) is 5.82 Å². The molecule has 2 heteroatoms. The highest BCUT2D eigenvalue weighted by Gasteiger charge is 2.20. The summed E-state index contributed by atoms with van der Waals surface area (Å²) < 4.78 is 2.32. The van der Waals surface area contributed by atoms with Crippen molar-refractivity contribution >= 4 is 11.5 Å². The van der Waals surface area contributed by atoms with E-state index in [0.29, 0.717) is 0 Å². The summed E-state index contributed by atoms with van der Waals surface area (Å²) in [6, 6.07) is 19.2. The van der Waals surface area contributed by atoms with Crippen LogP contribution in [0, 0.1) is 13.8 Å². The summed E-state index contributed by atoms with van der Waals surface area (Å²) in [5, 5.41) is 3.73. The molecule has 0 fully saturated rings. The predicted molar refractivity (Wildman–Crippen MR) is 104 cm³/mol. The van der Waals surface area contributed by atoms with Crippen LogP contribution >= 0.6 is 0 Å². The first-order chi connectivity index (χ1) is 11.4. The molecule has 0 saturated carbocycles. The van der Waals surface area contributed by atoms with Crippen molar-refractivity contribution in [3.8, 4) is 11.1 Å². The standard InChI is InChI=1S/C22H26N2/c1-16-10-9-11-17(2)20(16)23-21-19(18-12-7-6-8-13-18)14-15-24(21)22(3,4)5/h6-15,23H,1-5H3. The van der Waals surface area contributed by atoms with E-state index in [0.717, 1.165) is 5.82 Å². The van der Waals surface area contributed by atoms with Gasteiger partial charge in [-0.3, -0.25) is 0 Å². The zero-order chi connectivity index (χ0) is 17.3. The van der Waals surface area contributed by atoms with E-state index in [1.165, 1.54) is 27.9 Å². The Labute approximate surface area is 145 Å². The summed E-state index contributed by atoms with van der Waals surface area (Å²) in [7, 11) is 0. The van der Waals surface area contributed by atoms with Crippen molar-refractivity contribution in [3.63, 3.8) is 0 Å². The number of aromatic nitrogens is 1. The lowest BCUT2D eigenvalue weighted by molar-refractivity contribution is 0.404. The average Bonchev–Trinajstić information content (AvgIpc) is 2.96. The highest BCUT2D eigenvalue weighted by atomic mass is 15.2. The third kappa shape index (κ3) is 3.09. The lowest BCUT2D eigenvalue weighted by Crippen LogP contribution is -2.22. The Bertz CT molecular complexity index is 816. The van der Waals surface area contributed by atoms with Gasteiger partial charge in [0.05, 0.1) is 0 Å². The molecule has 0 amide bonds. The predicted octanol–water partition coefficient (Wildman–Crippen LogP) is 6.27. The first-order valence-electron chi connectivity index (χ1n) is 8.48. The van der Waals surface area contributed by atoms with Crippen LogP contribution in [0.4, 0.5) is 11.5 Å². The van der Waals surface area contributed by atoms with Gasteiger partial charge in [0, 0.05) is 23.0 Å². The quantitative estimate of drug-likeness (QED) is 0.602. The Morgan fingerprint density at radius 3 is 2.00 bits per heavy atom. The normalized spacial score (nSPS) is 11.5. The topological polar surface area (TPSA) is 17.0 Å². The molecule has 1 aromatic heterocycles. The summed E-state index contributed by atoms with van der Waals surface area (Å²) in [4.78, 5) is 0. The summed E-state index contributed by atoms with van der Waals surface area (Å²) in [6.45, 7) is 11.0. The first-order valence-corrected chi connectivity index (χ1v) is 8.48. The Morgan fingerprint density at radius 2 is 1.42 bits per heavy atom. The second-order valence-electron chi connectivity index (χ2n) is 7.38. The van der Waals surface area contributed by atoms with Gasteiger partial charge in [0.15, 0.2) is 0 Å². The van der Waals surface area contributed by atoms with E-state index >= 15 is 0 Å². The van der Waals surface area contributed by atoms with E-state index in [1.807, 2.05) is 0 Å². The third-order valence-electron chi connectivity index (χ3n) is 4.42. The summed E-state index contributed by atoms with van der Waals surface area (Å²) in [5.74, 6) is 1.14. The van der Waals surface area contributed by atoms with Crippen LogP contribution in [0.3, 0.4) is 0 Å². The monoisotopic (exact) mass is 318 g/mol. The van der Waals surface area contributed by atoms with Crippen LogP contribution in [-0.2, 0) is 5.54 Å². The minimum Gasteiger partial charge on any atom is -0.341 e. The van der Waals surface area contributed by atoms with Crippen molar-refractivity contribution in [2.24, 2.45) is 0 Å². The van der Waals surface area contributed by atoms with Crippen molar-refractivity contribution < 1.29 is 0 Å². The second-order valence-corrected chi connectivity index (χ2v) is 7.38. The van der Waals surface area contributed by atoms with Crippen LogP contribution in [0.25, 0.3) is 11.1 Å². The molecular formula is C22H26N2. The molecule has 0 aliphatic carbocycles. The van der Waals surface area contributed by atoms with Crippen LogP contribution in [0.15, 0.2) is 60.8 Å². The van der Waals surface area contributed by atoms with Gasteiger partial charge in [-0.25, -0.2) is 0 Å². The molecule has 1 N–H and O–H groups in total. The Hall–Kier alpha value is -2.48. The van der Waals surface area contributed by atoms with E-state index in [-0.39, 0.29) is 5.54 Å². The van der Waals surface area contributed by atoms with Gasteiger partial charge in [-0.2, -0.15) is 0 Å². The van der Waals surface area contributed by atoms with Gasteiger partial charge in [0.25, 0.3) is 0 Å². The fourth-order valence-electron chi connectivity index (χ4n) is 3.10. The fraction of sp³-hybridized carbons (Fsp3) is 0.273. The molecule has 0 aliphatic heterocycles. The molecule has 24 heavy (non-hydrogen) atoms. The molecule has 0 spiro atoms. The van der Waals surface area contributed by atoms with Crippen molar-refractivity contribution in [2.45, 2.75) is 40.2 Å². The summed E-state index contributed by atoms with van der Waals surface area (Å²) >= 11 is 0. The number of nitrogens with zero attached hydrogens (tertiary/aromatic N) is 1. The molecule has 124 valence electrons. The first kappa shape index (κ1) is 16.4. The van der Waals surface area contributed by atoms with Crippen molar-refractivity contribution in [3.05, 3.63) is 71.9 Å².